The van der Waals surface area contributed by atoms with Crippen LogP contribution in [0, 0.1) is 0 Å². The summed E-state index contributed by atoms with van der Waals surface area (Å²) in [5.74, 6) is 0.817. The number of ether oxygens (including phenoxy) is 1. The molecule has 1 unspecified atom stereocenters. The smallest absolute Gasteiger partial charge is 0.213 e. The molecule has 2 heterocycles. The van der Waals surface area contributed by atoms with E-state index in [9.17, 15) is 5.11 Å². The summed E-state index contributed by atoms with van der Waals surface area (Å²) >= 11 is 0. The van der Waals surface area contributed by atoms with Gasteiger partial charge in [-0.15, -0.1) is 0 Å². The molecular weight excluding hydrogens is 254 g/mol. The highest BCUT2D eigenvalue weighted by Gasteiger charge is 2.15. The van der Waals surface area contributed by atoms with Crippen LogP contribution in [0.1, 0.15) is 6.92 Å². The summed E-state index contributed by atoms with van der Waals surface area (Å²) in [6, 6.07) is 8.91. The van der Waals surface area contributed by atoms with Gasteiger partial charge in [-0.25, -0.2) is 4.98 Å². The number of phenols is 1. The van der Waals surface area contributed by atoms with Crippen LogP contribution in [0.5, 0.6) is 11.6 Å². The fourth-order valence-electron chi connectivity index (χ4n) is 2.20. The summed E-state index contributed by atoms with van der Waals surface area (Å²) in [4.78, 5) is 10.8. The van der Waals surface area contributed by atoms with Crippen LogP contribution < -0.4 is 20.2 Å². The zero-order chi connectivity index (χ0) is 14.1. The van der Waals surface area contributed by atoms with Crippen molar-refractivity contribution in [2.75, 3.05) is 12.0 Å². The summed E-state index contributed by atoms with van der Waals surface area (Å²) in [6.07, 6.45) is 3.71. The SMILES string of the molecule is COc1cc2c(cn1)=NC(C)N(c1ccc(O)cc1)C=2. The Kier molecular flexibility index (Phi) is 3.02. The van der Waals surface area contributed by atoms with Gasteiger partial charge in [0.2, 0.25) is 5.88 Å². The number of anilines is 1. The molecule has 1 atom stereocenters. The van der Waals surface area contributed by atoms with E-state index in [1.165, 1.54) is 0 Å². The third-order valence-corrected chi connectivity index (χ3v) is 3.25. The van der Waals surface area contributed by atoms with E-state index in [2.05, 4.69) is 9.98 Å². The Morgan fingerprint density at radius 1 is 1.25 bits per heavy atom. The van der Waals surface area contributed by atoms with Gasteiger partial charge in [-0.2, -0.15) is 0 Å². The first-order valence-electron chi connectivity index (χ1n) is 6.34. The number of rotatable bonds is 2. The quantitative estimate of drug-likeness (QED) is 0.884. The highest BCUT2D eigenvalue weighted by atomic mass is 16.5. The largest absolute Gasteiger partial charge is 0.508 e. The summed E-state index contributed by atoms with van der Waals surface area (Å²) < 4.78 is 5.14. The predicted molar refractivity (Wildman–Crippen MR) is 76.1 cm³/mol. The second-order valence-electron chi connectivity index (χ2n) is 4.60. The maximum Gasteiger partial charge on any atom is 0.213 e. The first kappa shape index (κ1) is 12.5. The molecular formula is C15H15N3O2. The number of phenolic OH excluding ortho intramolecular Hbond substituents is 1. The normalized spacial score (nSPS) is 16.9. The average Bonchev–Trinajstić information content (AvgIpc) is 2.47. The van der Waals surface area contributed by atoms with Gasteiger partial charge in [0.05, 0.1) is 18.7 Å². The number of nitrogens with zero attached hydrogens (tertiary/aromatic N) is 3. The molecule has 1 aliphatic rings. The van der Waals surface area contributed by atoms with Crippen LogP contribution in [-0.4, -0.2) is 23.4 Å². The zero-order valence-corrected chi connectivity index (χ0v) is 11.3. The molecule has 20 heavy (non-hydrogen) atoms. The molecule has 0 saturated carbocycles. The van der Waals surface area contributed by atoms with Gasteiger partial charge in [-0.3, -0.25) is 4.99 Å². The molecule has 0 bridgehead atoms. The first-order chi connectivity index (χ1) is 9.67. The van der Waals surface area contributed by atoms with Crippen LogP contribution in [0.25, 0.3) is 6.20 Å². The summed E-state index contributed by atoms with van der Waals surface area (Å²) in [7, 11) is 1.59. The van der Waals surface area contributed by atoms with Crippen molar-refractivity contribution in [1.29, 1.82) is 0 Å². The third kappa shape index (κ3) is 2.18. The van der Waals surface area contributed by atoms with Gasteiger partial charge in [0, 0.05) is 23.2 Å². The molecule has 3 rings (SSSR count). The van der Waals surface area contributed by atoms with Gasteiger partial charge in [0.25, 0.3) is 0 Å². The third-order valence-electron chi connectivity index (χ3n) is 3.25. The standard InChI is InChI=1S/C15H15N3O2/c1-10-17-14-8-16-15(20-2)7-11(14)9-18(10)12-3-5-13(19)6-4-12/h3-10,19H,1-2H3. The van der Waals surface area contributed by atoms with Gasteiger partial charge in [-0.05, 0) is 31.2 Å². The minimum Gasteiger partial charge on any atom is -0.508 e. The molecule has 2 aromatic rings. The van der Waals surface area contributed by atoms with E-state index in [-0.39, 0.29) is 11.9 Å². The maximum absolute atomic E-state index is 9.37. The minimum absolute atomic E-state index is 0.0257. The van der Waals surface area contributed by atoms with Crippen LogP contribution in [0.15, 0.2) is 41.5 Å². The van der Waals surface area contributed by atoms with Crippen LogP contribution in [0.4, 0.5) is 5.69 Å². The van der Waals surface area contributed by atoms with Crippen molar-refractivity contribution < 1.29 is 9.84 Å². The maximum atomic E-state index is 9.37. The van der Waals surface area contributed by atoms with Crippen LogP contribution in [0.3, 0.4) is 0 Å². The molecule has 0 fully saturated rings. The molecule has 1 aliphatic heterocycles. The Morgan fingerprint density at radius 3 is 2.70 bits per heavy atom. The van der Waals surface area contributed by atoms with Gasteiger partial charge in [-0.1, -0.05) is 0 Å². The second kappa shape index (κ2) is 4.85. The van der Waals surface area contributed by atoms with E-state index in [0.717, 1.165) is 16.3 Å². The Morgan fingerprint density at radius 2 is 2.00 bits per heavy atom. The number of hydrogen-bond donors (Lipinski definition) is 1. The number of pyridine rings is 1. The lowest BCUT2D eigenvalue weighted by Crippen LogP contribution is -2.41. The van der Waals surface area contributed by atoms with Gasteiger partial charge in [0.15, 0.2) is 0 Å². The lowest BCUT2D eigenvalue weighted by Gasteiger charge is -2.27. The average molecular weight is 269 g/mol. The van der Waals surface area contributed by atoms with Gasteiger partial charge in [0.1, 0.15) is 11.9 Å². The van der Waals surface area contributed by atoms with E-state index in [4.69, 9.17) is 4.74 Å². The van der Waals surface area contributed by atoms with Crippen LogP contribution in [0.2, 0.25) is 0 Å². The first-order valence-corrected chi connectivity index (χ1v) is 6.34. The molecule has 0 saturated heterocycles. The Hall–Kier alpha value is -2.56. The summed E-state index contributed by atoms with van der Waals surface area (Å²) in [5.41, 5.74) is 0.973. The van der Waals surface area contributed by atoms with Crippen molar-refractivity contribution in [3.63, 3.8) is 0 Å². The van der Waals surface area contributed by atoms with Crippen molar-refractivity contribution in [2.45, 2.75) is 13.1 Å². The van der Waals surface area contributed by atoms with Gasteiger partial charge >= 0.3 is 0 Å². The number of aromatic nitrogens is 1. The van der Waals surface area contributed by atoms with E-state index in [1.807, 2.05) is 36.2 Å². The molecule has 5 heteroatoms. The van der Waals surface area contributed by atoms with Gasteiger partial charge < -0.3 is 14.7 Å². The van der Waals surface area contributed by atoms with Crippen molar-refractivity contribution >= 4 is 11.9 Å². The summed E-state index contributed by atoms with van der Waals surface area (Å²) in [6.45, 7) is 2.01. The monoisotopic (exact) mass is 269 g/mol. The van der Waals surface area contributed by atoms with Crippen LogP contribution >= 0.6 is 0 Å². The Balaban J connectivity index is 2.09. The Labute approximate surface area is 116 Å². The van der Waals surface area contributed by atoms with Crippen molar-refractivity contribution in [1.82, 2.24) is 4.98 Å². The molecule has 0 amide bonds. The predicted octanol–water partition coefficient (Wildman–Crippen LogP) is 1.02. The Bertz CT molecular complexity index is 741. The van der Waals surface area contributed by atoms with Crippen molar-refractivity contribution in [2.24, 2.45) is 4.99 Å². The fraction of sp³-hybridized carbons (Fsp3) is 0.200. The topological polar surface area (TPSA) is 58.0 Å². The van der Waals surface area contributed by atoms with Crippen LogP contribution in [-0.2, 0) is 0 Å². The number of aromatic hydroxyl groups is 1. The second-order valence-corrected chi connectivity index (χ2v) is 4.60. The molecule has 0 spiro atoms. The molecule has 5 nitrogen and oxygen atoms in total. The number of hydrogen-bond acceptors (Lipinski definition) is 5. The molecule has 0 radical (unpaired) electrons. The lowest BCUT2D eigenvalue weighted by atomic mass is 10.2. The number of benzene rings is 1. The molecule has 102 valence electrons. The zero-order valence-electron chi connectivity index (χ0n) is 11.3. The number of fused-ring (bicyclic) bond motifs is 1. The molecule has 0 aliphatic carbocycles. The summed E-state index contributed by atoms with van der Waals surface area (Å²) in [5, 5.41) is 11.2. The van der Waals surface area contributed by atoms with E-state index in [0.29, 0.717) is 5.88 Å². The highest BCUT2D eigenvalue weighted by Crippen LogP contribution is 2.21. The highest BCUT2D eigenvalue weighted by molar-refractivity contribution is 5.61. The van der Waals surface area contributed by atoms with E-state index < -0.39 is 0 Å². The lowest BCUT2D eigenvalue weighted by molar-refractivity contribution is 0.397. The van der Waals surface area contributed by atoms with E-state index in [1.54, 1.807) is 25.4 Å². The van der Waals surface area contributed by atoms with Crippen molar-refractivity contribution in [3.8, 4) is 11.6 Å². The van der Waals surface area contributed by atoms with Crippen molar-refractivity contribution in [3.05, 3.63) is 47.1 Å². The molecule has 1 N–H and O–H groups in total. The molecule has 1 aromatic carbocycles. The van der Waals surface area contributed by atoms with E-state index >= 15 is 0 Å². The minimum atomic E-state index is -0.0257. The number of methoxy groups -OCH3 is 1. The fourth-order valence-corrected chi connectivity index (χ4v) is 2.20. The molecule has 1 aromatic heterocycles.